The highest BCUT2D eigenvalue weighted by Crippen LogP contribution is 2.41. The molecule has 0 N–H and O–H groups in total. The van der Waals surface area contributed by atoms with Gasteiger partial charge >= 0.3 is 0 Å². The van der Waals surface area contributed by atoms with E-state index in [4.69, 9.17) is 12.6 Å². The van der Waals surface area contributed by atoms with Crippen LogP contribution in [0.5, 0.6) is 0 Å². The van der Waals surface area contributed by atoms with Crippen LogP contribution in [-0.4, -0.2) is 9.13 Å². The minimum absolute atomic E-state index is 0.986. The van der Waals surface area contributed by atoms with Gasteiger partial charge in [-0.25, -0.2) is 0 Å². The first-order chi connectivity index (χ1) is 26.2. The van der Waals surface area contributed by atoms with Gasteiger partial charge in [-0.1, -0.05) is 115 Å². The minimum Gasteiger partial charge on any atom is -0.313 e. The number of rotatable bonds is 4. The van der Waals surface area contributed by atoms with E-state index >= 15 is 0 Å². The first-order valence-electron chi connectivity index (χ1n) is 18.4. The number of nitrogens with zero attached hydrogens (tertiary/aromatic N) is 2. The van der Waals surface area contributed by atoms with E-state index in [-0.39, 0.29) is 0 Å². The Morgan fingerprint density at radius 1 is 0.453 bits per heavy atom. The maximum Gasteiger partial charge on any atom is 0.0541 e. The van der Waals surface area contributed by atoms with Crippen molar-refractivity contribution in [2.45, 2.75) is 17.7 Å². The molecule has 0 amide bonds. The number of fused-ring (bicyclic) bond motifs is 9. The fourth-order valence-electron chi connectivity index (χ4n) is 8.87. The Morgan fingerprint density at radius 3 is 2.04 bits per heavy atom. The van der Waals surface area contributed by atoms with E-state index in [9.17, 15) is 0 Å². The van der Waals surface area contributed by atoms with Gasteiger partial charge in [0.05, 0.1) is 16.6 Å². The topological polar surface area (TPSA) is 9.86 Å². The van der Waals surface area contributed by atoms with Gasteiger partial charge in [0.2, 0.25) is 0 Å². The molecule has 53 heavy (non-hydrogen) atoms. The average molecular weight is 695 g/mol. The molecule has 0 atom stereocenters. The summed E-state index contributed by atoms with van der Waals surface area (Å²) in [6, 6.07) is 60.0. The second-order valence-electron chi connectivity index (χ2n) is 14.2. The van der Waals surface area contributed by atoms with E-state index in [1.165, 1.54) is 87.9 Å². The van der Waals surface area contributed by atoms with Crippen LogP contribution in [0.3, 0.4) is 0 Å². The third-order valence-electron chi connectivity index (χ3n) is 11.3. The second kappa shape index (κ2) is 11.9. The smallest absolute Gasteiger partial charge is 0.0541 e. The zero-order chi connectivity index (χ0) is 35.0. The molecule has 2 aromatic heterocycles. The molecule has 0 radical (unpaired) electrons. The number of allylic oxidation sites excluding steroid dienone is 1. The minimum atomic E-state index is 0.986. The molecule has 0 fully saturated rings. The molecule has 8 aromatic carbocycles. The van der Waals surface area contributed by atoms with Gasteiger partial charge in [0.1, 0.15) is 0 Å². The molecular formula is C50H34N2S. The lowest BCUT2D eigenvalue weighted by Crippen LogP contribution is -2.02. The molecule has 10 aromatic rings. The van der Waals surface area contributed by atoms with Crippen LogP contribution >= 0.6 is 12.6 Å². The molecule has 2 nitrogen and oxygen atoms in total. The molecule has 250 valence electrons. The highest BCUT2D eigenvalue weighted by atomic mass is 32.1. The summed E-state index contributed by atoms with van der Waals surface area (Å²) in [5.41, 5.74) is 13.6. The Hall–Kier alpha value is -6.29. The van der Waals surface area contributed by atoms with Gasteiger partial charge in [-0.2, -0.15) is 0 Å². The molecule has 0 aliphatic heterocycles. The van der Waals surface area contributed by atoms with Crippen molar-refractivity contribution in [2.24, 2.45) is 0 Å². The molecule has 2 heterocycles. The van der Waals surface area contributed by atoms with Gasteiger partial charge < -0.3 is 9.13 Å². The summed E-state index contributed by atoms with van der Waals surface area (Å²) >= 11 is 4.83. The molecule has 1 aliphatic rings. The number of para-hydroxylation sites is 2. The van der Waals surface area contributed by atoms with Crippen molar-refractivity contribution in [1.29, 1.82) is 0 Å². The van der Waals surface area contributed by atoms with Crippen LogP contribution in [0.15, 0.2) is 175 Å². The number of hydrogen-bond donors (Lipinski definition) is 1. The Morgan fingerprint density at radius 2 is 1.17 bits per heavy atom. The summed E-state index contributed by atoms with van der Waals surface area (Å²) in [7, 11) is 0. The quantitative estimate of drug-likeness (QED) is 0.139. The lowest BCUT2D eigenvalue weighted by Gasteiger charge is -2.14. The average Bonchev–Trinajstić information content (AvgIpc) is 3.73. The SMILES string of the molecule is Sc1ccccc1-c1cccc2ccc3cc(-n4c5ccccc5c5cc(-c6ccc7c(c6)c6c(n7-c7ccccc7)CCC=C6)ccc54)ccc3c12. The van der Waals surface area contributed by atoms with Gasteiger partial charge in [0, 0.05) is 43.7 Å². The summed E-state index contributed by atoms with van der Waals surface area (Å²) in [4.78, 5) is 0.986. The van der Waals surface area contributed by atoms with Crippen LogP contribution in [0, 0.1) is 0 Å². The van der Waals surface area contributed by atoms with Crippen molar-refractivity contribution in [1.82, 2.24) is 9.13 Å². The molecule has 0 spiro atoms. The zero-order valence-corrected chi connectivity index (χ0v) is 29.9. The summed E-state index contributed by atoms with van der Waals surface area (Å²) in [6.45, 7) is 0. The van der Waals surface area contributed by atoms with Crippen LogP contribution < -0.4 is 0 Å². The highest BCUT2D eigenvalue weighted by molar-refractivity contribution is 7.80. The van der Waals surface area contributed by atoms with Crippen LogP contribution in [0.25, 0.3) is 94.0 Å². The molecule has 0 bridgehead atoms. The van der Waals surface area contributed by atoms with Crippen LogP contribution in [0.4, 0.5) is 0 Å². The van der Waals surface area contributed by atoms with Crippen molar-refractivity contribution in [3.05, 3.63) is 181 Å². The zero-order valence-electron chi connectivity index (χ0n) is 29.0. The highest BCUT2D eigenvalue weighted by Gasteiger charge is 2.20. The van der Waals surface area contributed by atoms with Crippen LogP contribution in [0.1, 0.15) is 17.7 Å². The summed E-state index contributed by atoms with van der Waals surface area (Å²) in [5.74, 6) is 0. The van der Waals surface area contributed by atoms with E-state index < -0.39 is 0 Å². The van der Waals surface area contributed by atoms with Crippen LogP contribution in [-0.2, 0) is 6.42 Å². The standard InChI is InChI=1S/C50H34N2S/c53-49-20-9-6-16-41(49)42-17-10-11-32-21-22-35-29-37(25-26-38(35)50(32)42)52-46-19-8-5-15-40(46)44-31-34(24-28-48(44)52)33-23-27-47-43(30-33)39-14-4-7-18-45(39)51(47)36-12-2-1-3-13-36/h1-6,8-17,19-31,53H,7,18H2. The van der Waals surface area contributed by atoms with Crippen molar-refractivity contribution in [3.63, 3.8) is 0 Å². The maximum atomic E-state index is 4.83. The van der Waals surface area contributed by atoms with Crippen molar-refractivity contribution < 1.29 is 0 Å². The third kappa shape index (κ3) is 4.67. The predicted molar refractivity (Wildman–Crippen MR) is 228 cm³/mol. The number of hydrogen-bond acceptors (Lipinski definition) is 1. The van der Waals surface area contributed by atoms with Crippen molar-refractivity contribution in [3.8, 4) is 33.6 Å². The Balaban J connectivity index is 1.07. The summed E-state index contributed by atoms with van der Waals surface area (Å²) in [5, 5.41) is 8.78. The summed E-state index contributed by atoms with van der Waals surface area (Å²) < 4.78 is 4.89. The van der Waals surface area contributed by atoms with E-state index in [0.29, 0.717) is 0 Å². The third-order valence-corrected chi connectivity index (χ3v) is 11.6. The Bertz CT molecular complexity index is 3120. The number of benzene rings is 8. The van der Waals surface area contributed by atoms with E-state index in [0.717, 1.165) is 29.0 Å². The van der Waals surface area contributed by atoms with Crippen molar-refractivity contribution in [2.75, 3.05) is 0 Å². The number of thiol groups is 1. The van der Waals surface area contributed by atoms with E-state index in [2.05, 4.69) is 179 Å². The van der Waals surface area contributed by atoms with Gasteiger partial charge in [0.25, 0.3) is 0 Å². The van der Waals surface area contributed by atoms with Gasteiger partial charge in [0.15, 0.2) is 0 Å². The lowest BCUT2D eigenvalue weighted by atomic mass is 9.93. The lowest BCUT2D eigenvalue weighted by molar-refractivity contribution is 0.888. The first-order valence-corrected chi connectivity index (χ1v) is 18.8. The molecular weight excluding hydrogens is 661 g/mol. The molecule has 0 saturated heterocycles. The molecule has 11 rings (SSSR count). The number of aromatic nitrogens is 2. The van der Waals surface area contributed by atoms with Crippen molar-refractivity contribution >= 4 is 73.0 Å². The Labute approximate surface area is 313 Å². The van der Waals surface area contributed by atoms with Gasteiger partial charge in [-0.3, -0.25) is 0 Å². The monoisotopic (exact) mass is 694 g/mol. The van der Waals surface area contributed by atoms with E-state index in [1.807, 2.05) is 6.07 Å². The van der Waals surface area contributed by atoms with E-state index in [1.54, 1.807) is 0 Å². The molecule has 0 saturated carbocycles. The molecule has 1 aliphatic carbocycles. The van der Waals surface area contributed by atoms with Gasteiger partial charge in [-0.15, -0.1) is 12.6 Å². The first kappa shape index (κ1) is 30.3. The Kier molecular flexibility index (Phi) is 6.80. The fraction of sp³-hybridized carbons (Fsp3) is 0.0400. The predicted octanol–water partition coefficient (Wildman–Crippen LogP) is 13.6. The fourth-order valence-corrected chi connectivity index (χ4v) is 9.15. The molecule has 3 heteroatoms. The summed E-state index contributed by atoms with van der Waals surface area (Å²) in [6.07, 6.45) is 6.77. The maximum absolute atomic E-state index is 4.83. The second-order valence-corrected chi connectivity index (χ2v) is 14.7. The van der Waals surface area contributed by atoms with Gasteiger partial charge in [-0.05, 0) is 117 Å². The largest absolute Gasteiger partial charge is 0.313 e. The normalized spacial score (nSPS) is 12.8. The van der Waals surface area contributed by atoms with Crippen LogP contribution in [0.2, 0.25) is 0 Å². The molecule has 0 unspecified atom stereocenters.